The van der Waals surface area contributed by atoms with Crippen LogP contribution in [0.3, 0.4) is 0 Å². The molecule has 1 aliphatic heterocycles. The van der Waals surface area contributed by atoms with Crippen LogP contribution in [0.4, 0.5) is 4.79 Å². The van der Waals surface area contributed by atoms with E-state index in [1.165, 1.54) is 16.8 Å². The molecule has 0 aromatic rings. The zero-order valence-corrected chi connectivity index (χ0v) is 10.0. The number of nitrogens with zero attached hydrogens (tertiary/aromatic N) is 3. The first-order valence-electron chi connectivity index (χ1n) is 5.37. The molecule has 0 atom stereocenters. The fraction of sp³-hybridized carbons (Fsp3) is 0.700. The molecular weight excluding hydrogens is 226 g/mol. The van der Waals surface area contributed by atoms with Crippen molar-refractivity contribution in [1.29, 1.82) is 0 Å². The summed E-state index contributed by atoms with van der Waals surface area (Å²) >= 11 is 0. The van der Waals surface area contributed by atoms with Crippen LogP contribution in [0.2, 0.25) is 0 Å². The molecule has 1 heterocycles. The monoisotopic (exact) mass is 243 g/mol. The first-order chi connectivity index (χ1) is 7.97. The maximum Gasteiger partial charge on any atom is 0.327 e. The Bertz CT molecular complexity index is 332. The molecule has 1 fully saturated rings. The van der Waals surface area contributed by atoms with Crippen LogP contribution in [0.15, 0.2) is 0 Å². The number of urea groups is 1. The van der Waals surface area contributed by atoms with Gasteiger partial charge in [-0.15, -0.1) is 0 Å². The fourth-order valence-electron chi connectivity index (χ4n) is 1.51. The minimum atomic E-state index is -0.445. The molecule has 0 aliphatic carbocycles. The summed E-state index contributed by atoms with van der Waals surface area (Å²) in [6.45, 7) is 0.194. The van der Waals surface area contributed by atoms with E-state index in [1.807, 2.05) is 0 Å². The minimum Gasteiger partial charge on any atom is -0.396 e. The van der Waals surface area contributed by atoms with Crippen LogP contribution in [-0.4, -0.2) is 78.0 Å². The van der Waals surface area contributed by atoms with E-state index >= 15 is 0 Å². The van der Waals surface area contributed by atoms with Crippen LogP contribution in [0.25, 0.3) is 0 Å². The Kier molecular flexibility index (Phi) is 4.45. The number of imide groups is 1. The van der Waals surface area contributed by atoms with Gasteiger partial charge in [-0.25, -0.2) is 4.79 Å². The Morgan fingerprint density at radius 2 is 2.12 bits per heavy atom. The highest BCUT2D eigenvalue weighted by Crippen LogP contribution is 2.07. The van der Waals surface area contributed by atoms with Gasteiger partial charge in [0.1, 0.15) is 13.1 Å². The molecule has 7 nitrogen and oxygen atoms in total. The SMILES string of the molecule is CN(CCCO)C(=O)CN1C(=O)CN(C)C1=O. The number of hydrogen-bond donors (Lipinski definition) is 1. The van der Waals surface area contributed by atoms with Gasteiger partial charge < -0.3 is 14.9 Å². The van der Waals surface area contributed by atoms with Crippen molar-refractivity contribution < 1.29 is 19.5 Å². The molecule has 0 aromatic carbocycles. The summed E-state index contributed by atoms with van der Waals surface area (Å²) in [6, 6.07) is -0.445. The second-order valence-corrected chi connectivity index (χ2v) is 4.01. The molecule has 0 radical (unpaired) electrons. The predicted octanol–water partition coefficient (Wildman–Crippen LogP) is -1.28. The average molecular weight is 243 g/mol. The lowest BCUT2D eigenvalue weighted by Crippen LogP contribution is -2.42. The Labute approximate surface area is 99.6 Å². The van der Waals surface area contributed by atoms with Gasteiger partial charge in [-0.2, -0.15) is 0 Å². The third kappa shape index (κ3) is 3.16. The molecule has 96 valence electrons. The van der Waals surface area contributed by atoms with Crippen molar-refractivity contribution in [3.63, 3.8) is 0 Å². The summed E-state index contributed by atoms with van der Waals surface area (Å²) < 4.78 is 0. The second-order valence-electron chi connectivity index (χ2n) is 4.01. The fourth-order valence-corrected chi connectivity index (χ4v) is 1.51. The quantitative estimate of drug-likeness (QED) is 0.610. The van der Waals surface area contributed by atoms with Crippen molar-refractivity contribution in [2.45, 2.75) is 6.42 Å². The standard InChI is InChI=1S/C10H17N3O4/c1-11(4-3-5-14)8(15)7-13-9(16)6-12(2)10(13)17/h14H,3-7H2,1-2H3. The highest BCUT2D eigenvalue weighted by atomic mass is 16.3. The zero-order chi connectivity index (χ0) is 13.0. The molecule has 4 amide bonds. The smallest absolute Gasteiger partial charge is 0.327 e. The van der Waals surface area contributed by atoms with Gasteiger partial charge in [0, 0.05) is 27.2 Å². The molecule has 1 rings (SSSR count). The van der Waals surface area contributed by atoms with Gasteiger partial charge in [-0.05, 0) is 6.42 Å². The Balaban J connectivity index is 2.51. The highest BCUT2D eigenvalue weighted by molar-refractivity contribution is 6.04. The first kappa shape index (κ1) is 13.4. The first-order valence-corrected chi connectivity index (χ1v) is 5.37. The lowest BCUT2D eigenvalue weighted by molar-refractivity contribution is -0.135. The van der Waals surface area contributed by atoms with Crippen molar-refractivity contribution in [2.75, 3.05) is 40.3 Å². The molecule has 0 spiro atoms. The Morgan fingerprint density at radius 1 is 1.47 bits per heavy atom. The molecule has 1 aliphatic rings. The number of hydrogen-bond acceptors (Lipinski definition) is 4. The van der Waals surface area contributed by atoms with E-state index in [0.29, 0.717) is 13.0 Å². The van der Waals surface area contributed by atoms with Crippen molar-refractivity contribution >= 4 is 17.8 Å². The van der Waals surface area contributed by atoms with Gasteiger partial charge >= 0.3 is 6.03 Å². The van der Waals surface area contributed by atoms with Gasteiger partial charge in [0.25, 0.3) is 5.91 Å². The van der Waals surface area contributed by atoms with E-state index in [9.17, 15) is 14.4 Å². The molecule has 1 saturated heterocycles. The van der Waals surface area contributed by atoms with E-state index in [-0.39, 0.29) is 31.5 Å². The third-order valence-electron chi connectivity index (χ3n) is 2.60. The number of amides is 4. The normalized spacial score (nSPS) is 15.7. The average Bonchev–Trinajstić information content (AvgIpc) is 2.52. The maximum atomic E-state index is 11.7. The largest absolute Gasteiger partial charge is 0.396 e. The van der Waals surface area contributed by atoms with Crippen LogP contribution in [0.5, 0.6) is 0 Å². The van der Waals surface area contributed by atoms with Gasteiger partial charge in [0.05, 0.1) is 0 Å². The summed E-state index contributed by atoms with van der Waals surface area (Å²) in [6.07, 6.45) is 0.476. The maximum absolute atomic E-state index is 11.7. The van der Waals surface area contributed by atoms with Crippen molar-refractivity contribution in [1.82, 2.24) is 14.7 Å². The third-order valence-corrected chi connectivity index (χ3v) is 2.60. The number of rotatable bonds is 5. The van der Waals surface area contributed by atoms with E-state index < -0.39 is 6.03 Å². The summed E-state index contributed by atoms with van der Waals surface area (Å²) in [5.41, 5.74) is 0. The number of likely N-dealkylation sites (N-methyl/N-ethyl adjacent to an activating group) is 2. The number of carbonyl (C=O) groups excluding carboxylic acids is 3. The topological polar surface area (TPSA) is 81.2 Å². The molecule has 0 bridgehead atoms. The molecule has 0 aromatic heterocycles. The highest BCUT2D eigenvalue weighted by Gasteiger charge is 2.35. The Morgan fingerprint density at radius 3 is 2.59 bits per heavy atom. The van der Waals surface area contributed by atoms with Crippen molar-refractivity contribution in [3.05, 3.63) is 0 Å². The van der Waals surface area contributed by atoms with Crippen molar-refractivity contribution in [2.24, 2.45) is 0 Å². The minimum absolute atomic E-state index is 0.00192. The lowest BCUT2D eigenvalue weighted by atomic mass is 10.4. The van der Waals surface area contributed by atoms with Crippen molar-refractivity contribution in [3.8, 4) is 0 Å². The van der Waals surface area contributed by atoms with E-state index in [2.05, 4.69) is 0 Å². The van der Waals surface area contributed by atoms with Crippen LogP contribution in [0, 0.1) is 0 Å². The van der Waals surface area contributed by atoms with E-state index in [1.54, 1.807) is 7.05 Å². The lowest BCUT2D eigenvalue weighted by Gasteiger charge is -2.20. The van der Waals surface area contributed by atoms with Crippen LogP contribution in [-0.2, 0) is 9.59 Å². The van der Waals surface area contributed by atoms with Gasteiger partial charge in [0.2, 0.25) is 5.91 Å². The van der Waals surface area contributed by atoms with Gasteiger partial charge in [-0.3, -0.25) is 14.5 Å². The molecule has 7 heteroatoms. The van der Waals surface area contributed by atoms with E-state index in [0.717, 1.165) is 4.90 Å². The van der Waals surface area contributed by atoms with Gasteiger partial charge in [0.15, 0.2) is 0 Å². The number of carbonyl (C=O) groups is 3. The summed E-state index contributed by atoms with van der Waals surface area (Å²) in [5, 5.41) is 8.64. The number of aliphatic hydroxyl groups excluding tert-OH is 1. The molecule has 0 saturated carbocycles. The summed E-state index contributed by atoms with van der Waals surface area (Å²) in [5.74, 6) is -0.670. The molecule has 0 unspecified atom stereocenters. The van der Waals surface area contributed by atoms with Crippen LogP contribution in [0.1, 0.15) is 6.42 Å². The van der Waals surface area contributed by atoms with E-state index in [4.69, 9.17) is 5.11 Å². The second kappa shape index (κ2) is 5.62. The van der Waals surface area contributed by atoms with Crippen LogP contribution >= 0.6 is 0 Å². The Hall–Kier alpha value is -1.63. The van der Waals surface area contributed by atoms with Crippen LogP contribution < -0.4 is 0 Å². The number of aliphatic hydroxyl groups is 1. The zero-order valence-electron chi connectivity index (χ0n) is 10.0. The molecular formula is C10H17N3O4. The molecule has 17 heavy (non-hydrogen) atoms. The molecule has 1 N–H and O–H groups in total. The predicted molar refractivity (Wildman–Crippen MR) is 59.1 cm³/mol. The summed E-state index contributed by atoms with van der Waals surface area (Å²) in [4.78, 5) is 38.2. The summed E-state index contributed by atoms with van der Waals surface area (Å²) in [7, 11) is 3.09. The van der Waals surface area contributed by atoms with Gasteiger partial charge in [-0.1, -0.05) is 0 Å².